The highest BCUT2D eigenvalue weighted by atomic mass is 16.6. The lowest BCUT2D eigenvalue weighted by Crippen LogP contribution is -2.20. The highest BCUT2D eigenvalue weighted by Gasteiger charge is 2.34. The second-order valence-electron chi connectivity index (χ2n) is 5.66. The zero-order chi connectivity index (χ0) is 20.3. The van der Waals surface area contributed by atoms with E-state index in [9.17, 15) is 19.7 Å². The first-order valence-corrected chi connectivity index (χ1v) is 8.20. The Hall–Kier alpha value is -3.50. The number of carbonyl (C=O) groups excluding carboxylic acids is 2. The van der Waals surface area contributed by atoms with Crippen LogP contribution in [-0.4, -0.2) is 38.1 Å². The predicted molar refractivity (Wildman–Crippen MR) is 95.3 cm³/mol. The molecule has 0 fully saturated rings. The first-order chi connectivity index (χ1) is 12.7. The van der Waals surface area contributed by atoms with Gasteiger partial charge in [-0.25, -0.2) is 4.98 Å². The standard InChI is InChI=1S/C16H20N6O5/c1-4-6-8-10(13(15(18)24)21(3)20-8)11-9(22(25)26)7-19-16(27-5-2)12(11)14(17)23/h7H,4-6H2,1-3H3,(H2,17,23)(H2,18,24). The maximum atomic E-state index is 12.2. The molecule has 144 valence electrons. The average molecular weight is 376 g/mol. The van der Waals surface area contributed by atoms with Crippen LogP contribution in [0.3, 0.4) is 0 Å². The molecule has 2 aromatic heterocycles. The van der Waals surface area contributed by atoms with E-state index in [2.05, 4.69) is 10.1 Å². The van der Waals surface area contributed by atoms with Gasteiger partial charge in [0.2, 0.25) is 5.88 Å². The summed E-state index contributed by atoms with van der Waals surface area (Å²) < 4.78 is 6.56. The van der Waals surface area contributed by atoms with Crippen LogP contribution in [0.2, 0.25) is 0 Å². The van der Waals surface area contributed by atoms with Gasteiger partial charge in [0, 0.05) is 12.6 Å². The Morgan fingerprint density at radius 2 is 1.93 bits per heavy atom. The molecule has 0 unspecified atom stereocenters. The predicted octanol–water partition coefficient (Wildman–Crippen LogP) is 0.939. The van der Waals surface area contributed by atoms with Gasteiger partial charge in [0.25, 0.3) is 17.5 Å². The van der Waals surface area contributed by atoms with Crippen LogP contribution in [0.25, 0.3) is 11.1 Å². The van der Waals surface area contributed by atoms with Crippen molar-refractivity contribution in [1.29, 1.82) is 0 Å². The van der Waals surface area contributed by atoms with Gasteiger partial charge in [-0.05, 0) is 13.3 Å². The van der Waals surface area contributed by atoms with Crippen LogP contribution in [-0.2, 0) is 13.5 Å². The second kappa shape index (κ2) is 7.81. The summed E-state index contributed by atoms with van der Waals surface area (Å²) in [5.74, 6) is -1.99. The second-order valence-corrected chi connectivity index (χ2v) is 5.66. The summed E-state index contributed by atoms with van der Waals surface area (Å²) in [6.45, 7) is 3.70. The van der Waals surface area contributed by atoms with Crippen LogP contribution in [0, 0.1) is 10.1 Å². The van der Waals surface area contributed by atoms with E-state index in [0.29, 0.717) is 18.5 Å². The number of amides is 2. The number of ether oxygens (including phenoxy) is 1. The van der Waals surface area contributed by atoms with Gasteiger partial charge in [-0.1, -0.05) is 13.3 Å². The molecule has 0 aliphatic heterocycles. The Balaban J connectivity index is 3.04. The quantitative estimate of drug-likeness (QED) is 0.510. The molecule has 11 heteroatoms. The molecule has 0 bridgehead atoms. The maximum absolute atomic E-state index is 12.2. The Bertz CT molecular complexity index is 921. The number of hydrogen-bond donors (Lipinski definition) is 2. The minimum absolute atomic E-state index is 0.0716. The van der Waals surface area contributed by atoms with Gasteiger partial charge in [-0.15, -0.1) is 0 Å². The summed E-state index contributed by atoms with van der Waals surface area (Å²) in [4.78, 5) is 39.0. The molecule has 0 radical (unpaired) electrons. The van der Waals surface area contributed by atoms with E-state index in [-0.39, 0.29) is 34.9 Å². The molecule has 2 amide bonds. The first-order valence-electron chi connectivity index (χ1n) is 8.20. The molecule has 2 aromatic rings. The third kappa shape index (κ3) is 3.57. The Labute approximate surface area is 154 Å². The summed E-state index contributed by atoms with van der Waals surface area (Å²) in [6.07, 6.45) is 2.00. The number of nitro groups is 1. The maximum Gasteiger partial charge on any atom is 0.296 e. The van der Waals surface area contributed by atoms with Crippen LogP contribution >= 0.6 is 0 Å². The molecular weight excluding hydrogens is 356 g/mol. The molecule has 0 saturated carbocycles. The summed E-state index contributed by atoms with van der Waals surface area (Å²) in [5.41, 5.74) is 10.4. The number of pyridine rings is 1. The molecule has 0 atom stereocenters. The lowest BCUT2D eigenvalue weighted by molar-refractivity contribution is -0.384. The van der Waals surface area contributed by atoms with Gasteiger partial charge in [-0.3, -0.25) is 24.4 Å². The number of nitrogens with zero attached hydrogens (tertiary/aromatic N) is 4. The van der Waals surface area contributed by atoms with Gasteiger partial charge >= 0.3 is 0 Å². The molecule has 27 heavy (non-hydrogen) atoms. The van der Waals surface area contributed by atoms with Crippen molar-refractivity contribution in [3.8, 4) is 17.0 Å². The summed E-state index contributed by atoms with van der Waals surface area (Å²) in [6, 6.07) is 0. The van der Waals surface area contributed by atoms with Crippen molar-refractivity contribution in [2.75, 3.05) is 6.61 Å². The molecule has 0 aromatic carbocycles. The fraction of sp³-hybridized carbons (Fsp3) is 0.375. The monoisotopic (exact) mass is 376 g/mol. The van der Waals surface area contributed by atoms with Gasteiger partial charge in [0.05, 0.1) is 22.8 Å². The molecule has 0 spiro atoms. The SMILES string of the molecule is CCCc1nn(C)c(C(N)=O)c1-c1c([N+](=O)[O-])cnc(OCC)c1C(N)=O. The van der Waals surface area contributed by atoms with E-state index < -0.39 is 22.4 Å². The van der Waals surface area contributed by atoms with E-state index in [1.54, 1.807) is 6.92 Å². The smallest absolute Gasteiger partial charge is 0.296 e. The molecule has 4 N–H and O–H groups in total. The van der Waals surface area contributed by atoms with Crippen molar-refractivity contribution in [3.05, 3.63) is 33.3 Å². The number of hydrogen-bond acceptors (Lipinski definition) is 7. The molecule has 0 saturated heterocycles. The molecule has 0 aliphatic carbocycles. The fourth-order valence-electron chi connectivity index (χ4n) is 2.89. The number of aryl methyl sites for hydroxylation is 2. The summed E-state index contributed by atoms with van der Waals surface area (Å²) in [7, 11) is 1.49. The molecular formula is C16H20N6O5. The minimum Gasteiger partial charge on any atom is -0.477 e. The number of primary amides is 2. The van der Waals surface area contributed by atoms with E-state index in [1.165, 1.54) is 11.7 Å². The lowest BCUT2D eigenvalue weighted by atomic mass is 9.95. The van der Waals surface area contributed by atoms with Gasteiger partial charge < -0.3 is 16.2 Å². The van der Waals surface area contributed by atoms with Gasteiger partial charge in [0.1, 0.15) is 17.5 Å². The van der Waals surface area contributed by atoms with Crippen molar-refractivity contribution in [2.24, 2.45) is 18.5 Å². The number of nitrogens with two attached hydrogens (primary N) is 2. The van der Waals surface area contributed by atoms with Crippen molar-refractivity contribution >= 4 is 17.5 Å². The average Bonchev–Trinajstić information content (AvgIpc) is 2.90. The van der Waals surface area contributed by atoms with Gasteiger partial charge in [-0.2, -0.15) is 5.10 Å². The molecule has 2 heterocycles. The molecule has 0 aliphatic rings. The van der Waals surface area contributed by atoms with Crippen LogP contribution in [0.1, 0.15) is 46.8 Å². The Morgan fingerprint density at radius 3 is 2.41 bits per heavy atom. The number of carbonyl (C=O) groups is 2. The highest BCUT2D eigenvalue weighted by molar-refractivity contribution is 6.08. The summed E-state index contributed by atoms with van der Waals surface area (Å²) >= 11 is 0. The third-order valence-corrected chi connectivity index (χ3v) is 3.84. The van der Waals surface area contributed by atoms with Crippen LogP contribution in [0.4, 0.5) is 5.69 Å². The van der Waals surface area contributed by atoms with Crippen LogP contribution in [0.5, 0.6) is 5.88 Å². The van der Waals surface area contributed by atoms with E-state index >= 15 is 0 Å². The minimum atomic E-state index is -0.980. The van der Waals surface area contributed by atoms with Crippen molar-refractivity contribution in [1.82, 2.24) is 14.8 Å². The number of rotatable bonds is 8. The van der Waals surface area contributed by atoms with Crippen molar-refractivity contribution in [3.63, 3.8) is 0 Å². The Morgan fingerprint density at radius 1 is 1.26 bits per heavy atom. The van der Waals surface area contributed by atoms with E-state index in [0.717, 1.165) is 6.20 Å². The van der Waals surface area contributed by atoms with E-state index in [1.807, 2.05) is 6.92 Å². The van der Waals surface area contributed by atoms with E-state index in [4.69, 9.17) is 16.2 Å². The topological polar surface area (TPSA) is 169 Å². The number of aromatic nitrogens is 3. The molecule has 2 rings (SSSR count). The summed E-state index contributed by atoms with van der Waals surface area (Å²) in [5, 5.41) is 15.9. The third-order valence-electron chi connectivity index (χ3n) is 3.84. The highest BCUT2D eigenvalue weighted by Crippen LogP contribution is 2.40. The zero-order valence-corrected chi connectivity index (χ0v) is 15.2. The fourth-order valence-corrected chi connectivity index (χ4v) is 2.89. The zero-order valence-electron chi connectivity index (χ0n) is 15.2. The lowest BCUT2D eigenvalue weighted by Gasteiger charge is -2.13. The normalized spacial score (nSPS) is 10.6. The van der Waals surface area contributed by atoms with Crippen LogP contribution < -0.4 is 16.2 Å². The largest absolute Gasteiger partial charge is 0.477 e. The van der Waals surface area contributed by atoms with Crippen molar-refractivity contribution in [2.45, 2.75) is 26.7 Å². The van der Waals surface area contributed by atoms with Crippen LogP contribution in [0.15, 0.2) is 6.20 Å². The van der Waals surface area contributed by atoms with Crippen molar-refractivity contribution < 1.29 is 19.2 Å². The Kier molecular flexibility index (Phi) is 5.73. The molecule has 11 nitrogen and oxygen atoms in total. The van der Waals surface area contributed by atoms with Gasteiger partial charge in [0.15, 0.2) is 0 Å². The first kappa shape index (κ1) is 19.8.